The zero-order valence-corrected chi connectivity index (χ0v) is 14.4. The number of benzene rings is 3. The van der Waals surface area contributed by atoms with E-state index in [2.05, 4.69) is 5.32 Å². The van der Waals surface area contributed by atoms with Crippen molar-refractivity contribution in [2.45, 2.75) is 0 Å². The Morgan fingerprint density at radius 2 is 1.50 bits per heavy atom. The van der Waals surface area contributed by atoms with E-state index < -0.39 is 17.8 Å². The molecule has 0 aliphatic carbocycles. The molecule has 3 aromatic carbocycles. The molecule has 1 aliphatic rings. The van der Waals surface area contributed by atoms with Crippen molar-refractivity contribution in [2.75, 3.05) is 10.2 Å². The van der Waals surface area contributed by atoms with Gasteiger partial charge in [0, 0.05) is 17.4 Å². The molecule has 0 atom stereocenters. The summed E-state index contributed by atoms with van der Waals surface area (Å²) in [4.78, 5) is 37.6. The molecule has 28 heavy (non-hydrogen) atoms. The quantitative estimate of drug-likeness (QED) is 0.602. The van der Waals surface area contributed by atoms with E-state index in [1.807, 2.05) is 0 Å². The third-order valence-electron chi connectivity index (χ3n) is 4.37. The predicted octanol–water partition coefficient (Wildman–Crippen LogP) is 3.63. The fourth-order valence-corrected chi connectivity index (χ4v) is 3.08. The van der Waals surface area contributed by atoms with Crippen molar-refractivity contribution >= 4 is 34.8 Å². The lowest BCUT2D eigenvalue weighted by Crippen LogP contribution is -2.29. The molecule has 0 unspecified atom stereocenters. The Morgan fingerprint density at radius 3 is 2.21 bits per heavy atom. The van der Waals surface area contributed by atoms with Crippen molar-refractivity contribution in [1.29, 1.82) is 0 Å². The minimum absolute atomic E-state index is 0.0546. The Morgan fingerprint density at radius 1 is 0.821 bits per heavy atom. The summed E-state index contributed by atoms with van der Waals surface area (Å²) < 4.78 is 0. The number of amides is 2. The number of hydrogen-bond acceptors (Lipinski definition) is 5. The van der Waals surface area contributed by atoms with E-state index in [0.29, 0.717) is 17.1 Å². The summed E-state index contributed by atoms with van der Waals surface area (Å²) in [6.07, 6.45) is 0. The zero-order chi connectivity index (χ0) is 19.8. The Balaban J connectivity index is 1.67. The van der Waals surface area contributed by atoms with E-state index in [0.717, 1.165) is 4.90 Å². The number of nitrogens with one attached hydrogen (secondary N) is 1. The van der Waals surface area contributed by atoms with Gasteiger partial charge in [-0.25, -0.2) is 9.69 Å². The first-order valence-corrected chi connectivity index (χ1v) is 8.36. The number of nitrogens with zero attached hydrogens (tertiary/aromatic N) is 1. The third-order valence-corrected chi connectivity index (χ3v) is 4.37. The van der Waals surface area contributed by atoms with Gasteiger partial charge in [0.25, 0.3) is 11.8 Å². The number of carboxylic acids is 1. The highest BCUT2D eigenvalue weighted by molar-refractivity contribution is 6.34. The minimum atomic E-state index is -1.17. The molecule has 4 rings (SSSR count). The van der Waals surface area contributed by atoms with Crippen molar-refractivity contribution in [3.63, 3.8) is 0 Å². The number of rotatable bonds is 4. The highest BCUT2D eigenvalue weighted by Gasteiger charge is 2.37. The van der Waals surface area contributed by atoms with Crippen LogP contribution in [0.5, 0.6) is 5.75 Å². The molecule has 3 N–H and O–H groups in total. The number of fused-ring (bicyclic) bond motifs is 1. The molecule has 0 radical (unpaired) electrons. The number of phenols is 1. The van der Waals surface area contributed by atoms with Crippen LogP contribution in [-0.2, 0) is 0 Å². The monoisotopic (exact) mass is 374 g/mol. The highest BCUT2D eigenvalue weighted by Crippen LogP contribution is 2.31. The molecule has 0 saturated heterocycles. The molecule has 1 aliphatic heterocycles. The summed E-state index contributed by atoms with van der Waals surface area (Å²) in [7, 11) is 0. The zero-order valence-electron chi connectivity index (χ0n) is 14.4. The van der Waals surface area contributed by atoms with Gasteiger partial charge in [0.15, 0.2) is 0 Å². The van der Waals surface area contributed by atoms with Crippen LogP contribution in [0.1, 0.15) is 31.1 Å². The van der Waals surface area contributed by atoms with Crippen LogP contribution in [0.25, 0.3) is 0 Å². The van der Waals surface area contributed by atoms with E-state index >= 15 is 0 Å². The molecule has 0 saturated carbocycles. The first-order valence-electron chi connectivity index (χ1n) is 8.36. The standard InChI is InChI=1S/C21H14N2O5/c24-16-6-2-4-14(11-16)22-13-3-1-5-15(10-13)23-19(25)17-8-7-12(21(27)28)9-18(17)20(23)26/h1-11,22,24H,(H,27,28). The number of carbonyl (C=O) groups is 3. The molecular formula is C21H14N2O5. The van der Waals surface area contributed by atoms with Crippen LogP contribution in [0.4, 0.5) is 17.1 Å². The van der Waals surface area contributed by atoms with E-state index in [1.54, 1.807) is 48.5 Å². The van der Waals surface area contributed by atoms with Gasteiger partial charge in [-0.1, -0.05) is 12.1 Å². The van der Waals surface area contributed by atoms with E-state index in [4.69, 9.17) is 5.11 Å². The van der Waals surface area contributed by atoms with Crippen molar-refractivity contribution in [3.05, 3.63) is 83.4 Å². The molecule has 3 aromatic rings. The van der Waals surface area contributed by atoms with Gasteiger partial charge in [-0.2, -0.15) is 0 Å². The van der Waals surface area contributed by atoms with E-state index in [9.17, 15) is 19.5 Å². The third kappa shape index (κ3) is 2.95. The van der Waals surface area contributed by atoms with Crippen LogP contribution in [0.15, 0.2) is 66.7 Å². The van der Waals surface area contributed by atoms with Crippen molar-refractivity contribution in [1.82, 2.24) is 0 Å². The van der Waals surface area contributed by atoms with Gasteiger partial charge in [-0.05, 0) is 48.5 Å². The van der Waals surface area contributed by atoms with Gasteiger partial charge in [0.2, 0.25) is 0 Å². The topological polar surface area (TPSA) is 107 Å². The van der Waals surface area contributed by atoms with E-state index in [1.165, 1.54) is 18.2 Å². The normalized spacial score (nSPS) is 12.8. The largest absolute Gasteiger partial charge is 0.508 e. The number of aromatic hydroxyl groups is 1. The Hall–Kier alpha value is -4.13. The molecular weight excluding hydrogens is 360 g/mol. The number of phenolic OH excluding ortho intramolecular Hbond substituents is 1. The molecule has 2 amide bonds. The lowest BCUT2D eigenvalue weighted by atomic mass is 10.1. The van der Waals surface area contributed by atoms with Gasteiger partial charge in [0.05, 0.1) is 22.4 Å². The average Bonchev–Trinajstić information content (AvgIpc) is 2.92. The molecule has 0 spiro atoms. The Labute approximate surface area is 159 Å². The second kappa shape index (κ2) is 6.55. The first kappa shape index (κ1) is 17.3. The number of carbonyl (C=O) groups excluding carboxylic acids is 2. The molecule has 7 heteroatoms. The predicted molar refractivity (Wildman–Crippen MR) is 102 cm³/mol. The molecule has 7 nitrogen and oxygen atoms in total. The summed E-state index contributed by atoms with van der Waals surface area (Å²) in [5.74, 6) is -2.14. The average molecular weight is 374 g/mol. The van der Waals surface area contributed by atoms with Crippen LogP contribution in [-0.4, -0.2) is 28.0 Å². The number of carboxylic acid groups (broad SMARTS) is 1. The number of aromatic carboxylic acids is 1. The van der Waals surface area contributed by atoms with Crippen molar-refractivity contribution in [2.24, 2.45) is 0 Å². The van der Waals surface area contributed by atoms with Gasteiger partial charge in [-0.3, -0.25) is 9.59 Å². The number of anilines is 3. The summed E-state index contributed by atoms with van der Waals surface area (Å²) in [5.41, 5.74) is 1.79. The maximum absolute atomic E-state index is 12.8. The SMILES string of the molecule is O=C(O)c1ccc2c(c1)C(=O)N(c1cccc(Nc3cccc(O)c3)c1)C2=O. The summed E-state index contributed by atoms with van der Waals surface area (Å²) in [6.45, 7) is 0. The second-order valence-electron chi connectivity index (χ2n) is 6.24. The van der Waals surface area contributed by atoms with Crippen molar-refractivity contribution < 1.29 is 24.6 Å². The lowest BCUT2D eigenvalue weighted by molar-refractivity contribution is 0.0696. The van der Waals surface area contributed by atoms with Crippen molar-refractivity contribution in [3.8, 4) is 5.75 Å². The molecule has 1 heterocycles. The summed E-state index contributed by atoms with van der Waals surface area (Å²) in [6, 6.07) is 17.1. The summed E-state index contributed by atoms with van der Waals surface area (Å²) in [5, 5.41) is 21.8. The van der Waals surface area contributed by atoms with Gasteiger partial charge < -0.3 is 15.5 Å². The summed E-state index contributed by atoms with van der Waals surface area (Å²) >= 11 is 0. The minimum Gasteiger partial charge on any atom is -0.508 e. The Kier molecular flexibility index (Phi) is 4.04. The van der Waals surface area contributed by atoms with Crippen LogP contribution < -0.4 is 10.2 Å². The first-order chi connectivity index (χ1) is 13.4. The smallest absolute Gasteiger partial charge is 0.335 e. The number of hydrogen-bond donors (Lipinski definition) is 3. The molecule has 0 bridgehead atoms. The van der Waals surface area contributed by atoms with Crippen LogP contribution >= 0.6 is 0 Å². The maximum atomic E-state index is 12.8. The lowest BCUT2D eigenvalue weighted by Gasteiger charge is -2.15. The fraction of sp³-hybridized carbons (Fsp3) is 0. The fourth-order valence-electron chi connectivity index (χ4n) is 3.08. The maximum Gasteiger partial charge on any atom is 0.335 e. The second-order valence-corrected chi connectivity index (χ2v) is 6.24. The molecule has 138 valence electrons. The molecule has 0 aromatic heterocycles. The van der Waals surface area contributed by atoms with Crippen LogP contribution in [0, 0.1) is 0 Å². The van der Waals surface area contributed by atoms with E-state index in [-0.39, 0.29) is 22.4 Å². The van der Waals surface area contributed by atoms with Gasteiger partial charge in [-0.15, -0.1) is 0 Å². The molecule has 0 fully saturated rings. The van der Waals surface area contributed by atoms with Crippen LogP contribution in [0.3, 0.4) is 0 Å². The Bertz CT molecular complexity index is 1140. The van der Waals surface area contributed by atoms with Crippen LogP contribution in [0.2, 0.25) is 0 Å². The van der Waals surface area contributed by atoms with Gasteiger partial charge in [0.1, 0.15) is 5.75 Å². The van der Waals surface area contributed by atoms with Gasteiger partial charge >= 0.3 is 5.97 Å². The number of imide groups is 1. The highest BCUT2D eigenvalue weighted by atomic mass is 16.4.